The summed E-state index contributed by atoms with van der Waals surface area (Å²) in [4.78, 5) is 13.6. The molecule has 86 valence electrons. The van der Waals surface area contributed by atoms with Crippen LogP contribution in [-0.2, 0) is 0 Å². The number of carbonyl (C=O) groups is 1. The van der Waals surface area contributed by atoms with Gasteiger partial charge in [0.2, 0.25) is 0 Å². The molecule has 2 nitrogen and oxygen atoms in total. The van der Waals surface area contributed by atoms with Crippen LogP contribution in [0, 0.1) is 5.82 Å². The minimum Gasteiger partial charge on any atom is -0.337 e. The molecule has 0 bridgehead atoms. The molecule has 0 saturated carbocycles. The SMILES string of the molecule is O=C(c1cc(Br)ccc1F)N1CCC(Cl)C1. The van der Waals surface area contributed by atoms with Crippen molar-refractivity contribution in [3.8, 4) is 0 Å². The van der Waals surface area contributed by atoms with Crippen LogP contribution in [0.2, 0.25) is 0 Å². The Hall–Kier alpha value is -0.610. The highest BCUT2D eigenvalue weighted by Crippen LogP contribution is 2.21. The number of carbonyl (C=O) groups excluding carboxylic acids is 1. The summed E-state index contributed by atoms with van der Waals surface area (Å²) in [6.45, 7) is 1.09. The van der Waals surface area contributed by atoms with Crippen molar-refractivity contribution in [1.29, 1.82) is 0 Å². The molecule has 1 aromatic carbocycles. The summed E-state index contributed by atoms with van der Waals surface area (Å²) in [5.41, 5.74) is 0.0974. The molecule has 16 heavy (non-hydrogen) atoms. The highest BCUT2D eigenvalue weighted by atomic mass is 79.9. The van der Waals surface area contributed by atoms with E-state index in [1.807, 2.05) is 0 Å². The Kier molecular flexibility index (Phi) is 3.50. The van der Waals surface area contributed by atoms with Gasteiger partial charge in [0, 0.05) is 17.6 Å². The van der Waals surface area contributed by atoms with Gasteiger partial charge in [-0.1, -0.05) is 15.9 Å². The van der Waals surface area contributed by atoms with Crippen molar-refractivity contribution >= 4 is 33.4 Å². The quantitative estimate of drug-likeness (QED) is 0.730. The third kappa shape index (κ3) is 2.38. The Morgan fingerprint density at radius 2 is 2.31 bits per heavy atom. The molecule has 1 atom stereocenters. The molecular weight excluding hydrogens is 296 g/mol. The monoisotopic (exact) mass is 305 g/mol. The highest BCUT2D eigenvalue weighted by Gasteiger charge is 2.27. The number of likely N-dealkylation sites (tertiary alicyclic amines) is 1. The van der Waals surface area contributed by atoms with Crippen LogP contribution < -0.4 is 0 Å². The van der Waals surface area contributed by atoms with Crippen LogP contribution in [0.3, 0.4) is 0 Å². The van der Waals surface area contributed by atoms with Gasteiger partial charge in [0.15, 0.2) is 0 Å². The van der Waals surface area contributed by atoms with Crippen molar-refractivity contribution in [3.05, 3.63) is 34.1 Å². The molecule has 0 spiro atoms. The first-order valence-electron chi connectivity index (χ1n) is 4.96. The Morgan fingerprint density at radius 1 is 1.56 bits per heavy atom. The Labute approximate surface area is 107 Å². The van der Waals surface area contributed by atoms with E-state index in [4.69, 9.17) is 11.6 Å². The molecule has 1 aliphatic rings. The van der Waals surface area contributed by atoms with Gasteiger partial charge in [-0.05, 0) is 24.6 Å². The first-order valence-corrected chi connectivity index (χ1v) is 6.19. The van der Waals surface area contributed by atoms with Crippen LogP contribution in [0.1, 0.15) is 16.8 Å². The Morgan fingerprint density at radius 3 is 2.94 bits per heavy atom. The maximum atomic E-state index is 13.5. The van der Waals surface area contributed by atoms with E-state index < -0.39 is 5.82 Å². The number of amides is 1. The molecule has 1 aromatic rings. The number of nitrogens with zero attached hydrogens (tertiary/aromatic N) is 1. The molecule has 1 fully saturated rings. The summed E-state index contributed by atoms with van der Waals surface area (Å²) in [6, 6.07) is 4.35. The number of alkyl halides is 1. The smallest absolute Gasteiger partial charge is 0.256 e. The fourth-order valence-electron chi connectivity index (χ4n) is 1.73. The van der Waals surface area contributed by atoms with E-state index in [-0.39, 0.29) is 16.8 Å². The summed E-state index contributed by atoms with van der Waals surface area (Å²) in [5.74, 6) is -0.784. The predicted octanol–water partition coefficient (Wildman–Crippen LogP) is 3.04. The zero-order chi connectivity index (χ0) is 11.7. The number of benzene rings is 1. The largest absolute Gasteiger partial charge is 0.337 e. The van der Waals surface area contributed by atoms with Gasteiger partial charge in [-0.3, -0.25) is 4.79 Å². The summed E-state index contributed by atoms with van der Waals surface area (Å²) in [5, 5.41) is -0.0147. The molecule has 1 saturated heterocycles. The Balaban J connectivity index is 2.23. The normalized spacial score (nSPS) is 20.2. The van der Waals surface area contributed by atoms with E-state index in [0.717, 1.165) is 6.42 Å². The molecule has 2 rings (SSSR count). The topological polar surface area (TPSA) is 20.3 Å². The number of hydrogen-bond donors (Lipinski definition) is 0. The zero-order valence-corrected chi connectivity index (χ0v) is 10.8. The van der Waals surface area contributed by atoms with E-state index in [2.05, 4.69) is 15.9 Å². The van der Waals surface area contributed by atoms with Gasteiger partial charge in [-0.15, -0.1) is 11.6 Å². The molecule has 1 aliphatic heterocycles. The number of halogens is 3. The highest BCUT2D eigenvalue weighted by molar-refractivity contribution is 9.10. The van der Waals surface area contributed by atoms with Crippen molar-refractivity contribution < 1.29 is 9.18 Å². The third-order valence-corrected chi connectivity index (χ3v) is 3.43. The second-order valence-corrected chi connectivity index (χ2v) is 5.29. The lowest BCUT2D eigenvalue weighted by Gasteiger charge is -2.15. The van der Waals surface area contributed by atoms with Gasteiger partial charge >= 0.3 is 0 Å². The average Bonchev–Trinajstić information content (AvgIpc) is 2.67. The van der Waals surface area contributed by atoms with E-state index >= 15 is 0 Å². The van der Waals surface area contributed by atoms with Crippen molar-refractivity contribution in [2.45, 2.75) is 11.8 Å². The van der Waals surface area contributed by atoms with E-state index in [1.54, 1.807) is 11.0 Å². The molecule has 0 radical (unpaired) electrons. The maximum absolute atomic E-state index is 13.5. The summed E-state index contributed by atoms with van der Waals surface area (Å²) in [6.07, 6.45) is 0.767. The summed E-state index contributed by atoms with van der Waals surface area (Å²) < 4.78 is 14.2. The van der Waals surface area contributed by atoms with Crippen molar-refractivity contribution in [1.82, 2.24) is 4.90 Å². The molecule has 1 amide bonds. The summed E-state index contributed by atoms with van der Waals surface area (Å²) >= 11 is 9.13. The summed E-state index contributed by atoms with van der Waals surface area (Å²) in [7, 11) is 0. The molecule has 0 N–H and O–H groups in total. The van der Waals surface area contributed by atoms with E-state index in [0.29, 0.717) is 17.6 Å². The molecule has 0 aliphatic carbocycles. The second kappa shape index (κ2) is 4.72. The average molecular weight is 307 g/mol. The van der Waals surface area contributed by atoms with Gasteiger partial charge in [0.25, 0.3) is 5.91 Å². The van der Waals surface area contributed by atoms with Crippen LogP contribution in [-0.4, -0.2) is 29.3 Å². The van der Waals surface area contributed by atoms with Crippen LogP contribution in [0.4, 0.5) is 4.39 Å². The maximum Gasteiger partial charge on any atom is 0.256 e. The zero-order valence-electron chi connectivity index (χ0n) is 8.42. The van der Waals surface area contributed by atoms with Crippen molar-refractivity contribution in [2.75, 3.05) is 13.1 Å². The Bertz CT molecular complexity index is 426. The van der Waals surface area contributed by atoms with Crippen LogP contribution in [0.15, 0.2) is 22.7 Å². The van der Waals surface area contributed by atoms with Gasteiger partial charge < -0.3 is 4.90 Å². The minimum atomic E-state index is -0.494. The fourth-order valence-corrected chi connectivity index (χ4v) is 2.36. The number of rotatable bonds is 1. The lowest BCUT2D eigenvalue weighted by molar-refractivity contribution is 0.0788. The van der Waals surface area contributed by atoms with Gasteiger partial charge in [0.05, 0.1) is 10.9 Å². The second-order valence-electron chi connectivity index (χ2n) is 3.76. The van der Waals surface area contributed by atoms with Crippen molar-refractivity contribution in [2.24, 2.45) is 0 Å². The molecule has 5 heteroatoms. The third-order valence-electron chi connectivity index (χ3n) is 2.58. The number of hydrogen-bond acceptors (Lipinski definition) is 1. The van der Waals surface area contributed by atoms with E-state index in [1.165, 1.54) is 12.1 Å². The lowest BCUT2D eigenvalue weighted by Crippen LogP contribution is -2.29. The standard InChI is InChI=1S/C11H10BrClFNO/c12-7-1-2-10(14)9(5-7)11(16)15-4-3-8(13)6-15/h1-2,5,8H,3-4,6H2. The van der Waals surface area contributed by atoms with Gasteiger partial charge in [-0.2, -0.15) is 0 Å². The molecule has 1 unspecified atom stereocenters. The molecule has 0 aromatic heterocycles. The lowest BCUT2D eigenvalue weighted by atomic mass is 10.2. The van der Waals surface area contributed by atoms with Crippen LogP contribution in [0.25, 0.3) is 0 Å². The van der Waals surface area contributed by atoms with Crippen LogP contribution >= 0.6 is 27.5 Å². The molecular formula is C11H10BrClFNO. The van der Waals surface area contributed by atoms with Gasteiger partial charge in [0.1, 0.15) is 5.82 Å². The predicted molar refractivity (Wildman–Crippen MR) is 64.3 cm³/mol. The first-order chi connectivity index (χ1) is 7.58. The van der Waals surface area contributed by atoms with Gasteiger partial charge in [-0.25, -0.2) is 4.39 Å². The fraction of sp³-hybridized carbons (Fsp3) is 0.364. The van der Waals surface area contributed by atoms with Crippen molar-refractivity contribution in [3.63, 3.8) is 0 Å². The first kappa shape index (κ1) is 11.9. The minimum absolute atomic E-state index is 0.0147. The van der Waals surface area contributed by atoms with Crippen LogP contribution in [0.5, 0.6) is 0 Å². The molecule has 1 heterocycles. The van der Waals surface area contributed by atoms with E-state index in [9.17, 15) is 9.18 Å².